The lowest BCUT2D eigenvalue weighted by Gasteiger charge is -2.19. The Bertz CT molecular complexity index is 1470. The zero-order chi connectivity index (χ0) is 24.9. The van der Waals surface area contributed by atoms with Crippen LogP contribution in [0, 0.1) is 13.8 Å². The molecule has 2 heterocycles. The molecule has 0 fully saturated rings. The lowest BCUT2D eigenvalue weighted by Crippen LogP contribution is -2.18. The zero-order valence-electron chi connectivity index (χ0n) is 20.5. The van der Waals surface area contributed by atoms with Crippen LogP contribution >= 0.6 is 0 Å². The third-order valence-corrected chi connectivity index (χ3v) is 6.41. The van der Waals surface area contributed by atoms with Gasteiger partial charge in [-0.25, -0.2) is 4.98 Å². The minimum atomic E-state index is -0.170. The van der Waals surface area contributed by atoms with E-state index in [1.54, 1.807) is 0 Å². The molecule has 36 heavy (non-hydrogen) atoms. The number of hydrogen-bond acceptors (Lipinski definition) is 3. The fraction of sp³-hybridized carbons (Fsp3) is 0.161. The monoisotopic (exact) mass is 475 g/mol. The Balaban J connectivity index is 1.46. The predicted octanol–water partition coefficient (Wildman–Crippen LogP) is 6.69. The number of benzene rings is 3. The van der Waals surface area contributed by atoms with Crippen LogP contribution in [0.2, 0.25) is 0 Å². The number of fused-ring (bicyclic) bond motifs is 1. The number of carbonyl (C=O) groups is 1. The van der Waals surface area contributed by atoms with Gasteiger partial charge in [0.15, 0.2) is 11.4 Å². The molecule has 5 heteroatoms. The summed E-state index contributed by atoms with van der Waals surface area (Å²) < 4.78 is 8.17. The minimum absolute atomic E-state index is 0.0430. The maximum atomic E-state index is 13.2. The molecule has 0 bridgehead atoms. The van der Waals surface area contributed by atoms with Crippen molar-refractivity contribution >= 4 is 17.2 Å². The first-order chi connectivity index (χ1) is 17.6. The van der Waals surface area contributed by atoms with Gasteiger partial charge in [0.2, 0.25) is 5.91 Å². The highest BCUT2D eigenvalue weighted by atomic mass is 16.5. The molecule has 1 amide bonds. The third-order valence-electron chi connectivity index (χ3n) is 6.41. The number of aromatic nitrogens is 2. The summed E-state index contributed by atoms with van der Waals surface area (Å²) in [4.78, 5) is 17.9. The lowest BCUT2D eigenvalue weighted by atomic mass is 9.89. The first kappa shape index (κ1) is 23.4. The van der Waals surface area contributed by atoms with Gasteiger partial charge in [0, 0.05) is 30.4 Å². The number of rotatable bonds is 8. The zero-order valence-corrected chi connectivity index (χ0v) is 20.5. The van der Waals surface area contributed by atoms with Gasteiger partial charge >= 0.3 is 0 Å². The standard InChI is InChI=1S/C31H29N3O2/c1-22-14-16-25(17-15-22)33-30(35)19-27(26-12-7-6-9-23(26)2)28-20-32-31-29(13-8-18-34(28)31)36-21-24-10-4-3-5-11-24/h3-18,20,27H,19,21H2,1-2H3,(H,33,35). The summed E-state index contributed by atoms with van der Waals surface area (Å²) >= 11 is 0. The number of nitrogens with one attached hydrogen (secondary N) is 1. The molecular formula is C31H29N3O2. The molecule has 5 rings (SSSR count). The van der Waals surface area contributed by atoms with Crippen molar-refractivity contribution < 1.29 is 9.53 Å². The van der Waals surface area contributed by atoms with Crippen LogP contribution in [-0.4, -0.2) is 15.3 Å². The largest absolute Gasteiger partial charge is 0.485 e. The second-order valence-corrected chi connectivity index (χ2v) is 9.05. The highest BCUT2D eigenvalue weighted by molar-refractivity contribution is 5.91. The van der Waals surface area contributed by atoms with E-state index in [4.69, 9.17) is 9.72 Å². The van der Waals surface area contributed by atoms with E-state index in [0.29, 0.717) is 18.8 Å². The Morgan fingerprint density at radius 3 is 2.44 bits per heavy atom. The molecule has 1 N–H and O–H groups in total. The number of ether oxygens (including phenoxy) is 1. The maximum Gasteiger partial charge on any atom is 0.225 e. The van der Waals surface area contributed by atoms with Gasteiger partial charge in [-0.2, -0.15) is 0 Å². The van der Waals surface area contributed by atoms with Gasteiger partial charge < -0.3 is 14.5 Å². The molecule has 1 unspecified atom stereocenters. The van der Waals surface area contributed by atoms with E-state index >= 15 is 0 Å². The van der Waals surface area contributed by atoms with E-state index in [1.807, 2.05) is 103 Å². The van der Waals surface area contributed by atoms with Crippen LogP contribution in [0.4, 0.5) is 5.69 Å². The highest BCUT2D eigenvalue weighted by Gasteiger charge is 2.24. The van der Waals surface area contributed by atoms with Crippen LogP contribution in [0.5, 0.6) is 5.75 Å². The molecule has 3 aromatic carbocycles. The molecule has 0 spiro atoms. The molecule has 1 atom stereocenters. The molecule has 5 nitrogen and oxygen atoms in total. The normalized spacial score (nSPS) is 11.8. The van der Waals surface area contributed by atoms with Crippen molar-refractivity contribution in [1.82, 2.24) is 9.38 Å². The molecule has 0 aliphatic carbocycles. The summed E-state index contributed by atoms with van der Waals surface area (Å²) in [5.41, 5.74) is 6.97. The molecule has 0 radical (unpaired) electrons. The van der Waals surface area contributed by atoms with Crippen molar-refractivity contribution in [1.29, 1.82) is 0 Å². The van der Waals surface area contributed by atoms with E-state index in [9.17, 15) is 4.79 Å². The number of pyridine rings is 1. The summed E-state index contributed by atoms with van der Waals surface area (Å²) in [7, 11) is 0. The number of nitrogens with zero attached hydrogens (tertiary/aromatic N) is 2. The van der Waals surface area contributed by atoms with Crippen LogP contribution in [-0.2, 0) is 11.4 Å². The summed E-state index contributed by atoms with van der Waals surface area (Å²) in [6.45, 7) is 4.57. The molecule has 180 valence electrons. The van der Waals surface area contributed by atoms with E-state index in [2.05, 4.69) is 24.4 Å². The van der Waals surface area contributed by atoms with Gasteiger partial charge in [0.05, 0.1) is 5.69 Å². The Morgan fingerprint density at radius 1 is 0.917 bits per heavy atom. The van der Waals surface area contributed by atoms with Crippen molar-refractivity contribution in [3.8, 4) is 5.75 Å². The molecule has 0 saturated heterocycles. The SMILES string of the molecule is Cc1ccc(NC(=O)CC(c2ccccc2C)c2cnc3c(OCc4ccccc4)cccn23)cc1. The molecule has 0 aliphatic rings. The minimum Gasteiger partial charge on any atom is -0.485 e. The van der Waals surface area contributed by atoms with Crippen LogP contribution in [0.15, 0.2) is 103 Å². The fourth-order valence-corrected chi connectivity index (χ4v) is 4.50. The van der Waals surface area contributed by atoms with Crippen LogP contribution in [0.1, 0.15) is 40.3 Å². The Morgan fingerprint density at radius 2 is 1.67 bits per heavy atom. The van der Waals surface area contributed by atoms with Gasteiger partial charge in [-0.05, 0) is 54.8 Å². The van der Waals surface area contributed by atoms with Crippen LogP contribution in [0.3, 0.4) is 0 Å². The number of aryl methyl sites for hydroxylation is 2. The number of imidazole rings is 1. The smallest absolute Gasteiger partial charge is 0.225 e. The van der Waals surface area contributed by atoms with Crippen molar-refractivity contribution in [2.45, 2.75) is 32.8 Å². The predicted molar refractivity (Wildman–Crippen MR) is 143 cm³/mol. The second-order valence-electron chi connectivity index (χ2n) is 9.05. The maximum absolute atomic E-state index is 13.2. The van der Waals surface area contributed by atoms with Gasteiger partial charge in [-0.15, -0.1) is 0 Å². The van der Waals surface area contributed by atoms with Gasteiger partial charge in [-0.3, -0.25) is 4.79 Å². The topological polar surface area (TPSA) is 55.6 Å². The van der Waals surface area contributed by atoms with Crippen molar-refractivity contribution in [2.24, 2.45) is 0 Å². The summed E-state index contributed by atoms with van der Waals surface area (Å²) in [5, 5.41) is 3.06. The molecule has 5 aromatic rings. The average Bonchev–Trinajstić information content (AvgIpc) is 3.33. The van der Waals surface area contributed by atoms with Crippen LogP contribution in [0.25, 0.3) is 5.65 Å². The molecule has 0 aliphatic heterocycles. The van der Waals surface area contributed by atoms with Crippen molar-refractivity contribution in [3.63, 3.8) is 0 Å². The summed E-state index contributed by atoms with van der Waals surface area (Å²) in [5.74, 6) is 0.495. The summed E-state index contributed by atoms with van der Waals surface area (Å²) in [6.07, 6.45) is 4.14. The molecule has 2 aromatic heterocycles. The molecular weight excluding hydrogens is 446 g/mol. The Hall–Kier alpha value is -4.38. The Kier molecular flexibility index (Phi) is 6.80. The number of hydrogen-bond donors (Lipinski definition) is 1. The first-order valence-electron chi connectivity index (χ1n) is 12.1. The van der Waals surface area contributed by atoms with Gasteiger partial charge in [0.1, 0.15) is 6.61 Å². The van der Waals surface area contributed by atoms with E-state index in [1.165, 1.54) is 0 Å². The van der Waals surface area contributed by atoms with Gasteiger partial charge in [-0.1, -0.05) is 72.3 Å². The van der Waals surface area contributed by atoms with Crippen LogP contribution < -0.4 is 10.1 Å². The second kappa shape index (κ2) is 10.5. The highest BCUT2D eigenvalue weighted by Crippen LogP contribution is 2.33. The fourth-order valence-electron chi connectivity index (χ4n) is 4.50. The number of amides is 1. The average molecular weight is 476 g/mol. The van der Waals surface area contributed by atoms with E-state index in [0.717, 1.165) is 39.3 Å². The van der Waals surface area contributed by atoms with E-state index in [-0.39, 0.29) is 11.8 Å². The lowest BCUT2D eigenvalue weighted by molar-refractivity contribution is -0.116. The Labute approximate surface area is 211 Å². The van der Waals surface area contributed by atoms with Crippen molar-refractivity contribution in [2.75, 3.05) is 5.32 Å². The number of anilines is 1. The third kappa shape index (κ3) is 5.15. The molecule has 0 saturated carbocycles. The summed E-state index contributed by atoms with van der Waals surface area (Å²) in [6, 6.07) is 30.0. The quantitative estimate of drug-likeness (QED) is 0.272. The van der Waals surface area contributed by atoms with Gasteiger partial charge in [0.25, 0.3) is 0 Å². The first-order valence-corrected chi connectivity index (χ1v) is 12.1. The van der Waals surface area contributed by atoms with E-state index < -0.39 is 0 Å². The number of carbonyl (C=O) groups excluding carboxylic acids is 1. The van der Waals surface area contributed by atoms with Crippen molar-refractivity contribution in [3.05, 3.63) is 131 Å².